The van der Waals surface area contributed by atoms with Gasteiger partial charge in [-0.2, -0.15) is 0 Å². The second kappa shape index (κ2) is 8.10. The average molecular weight is 333 g/mol. The first kappa shape index (κ1) is 17.6. The number of benzene rings is 1. The second-order valence-corrected chi connectivity index (χ2v) is 5.75. The fourth-order valence-corrected chi connectivity index (χ4v) is 2.25. The maximum atomic E-state index is 11.9. The number of anilines is 1. The molecular weight excluding hydrogens is 315 g/mol. The molecule has 4 N–H and O–H groups in total. The Morgan fingerprint density at radius 2 is 1.86 bits per heavy atom. The van der Waals surface area contributed by atoms with Crippen molar-refractivity contribution in [1.29, 1.82) is 0 Å². The van der Waals surface area contributed by atoms with Gasteiger partial charge >= 0.3 is 5.97 Å². The van der Waals surface area contributed by atoms with Crippen LogP contribution in [-0.2, 0) is 4.79 Å². The molecule has 1 unspecified atom stereocenters. The summed E-state index contributed by atoms with van der Waals surface area (Å²) in [7, 11) is 0. The number of carbonyl (C=O) groups excluding carboxylic acids is 1. The Balaban J connectivity index is 2.46. The third kappa shape index (κ3) is 5.81. The molecule has 116 valence electrons. The highest BCUT2D eigenvalue weighted by molar-refractivity contribution is 6.39. The molecule has 0 heterocycles. The number of nitrogens with one attached hydrogen (secondary N) is 1. The number of rotatable bonds is 7. The number of carboxylic acid groups (broad SMARTS) is 1. The van der Waals surface area contributed by atoms with Crippen molar-refractivity contribution in [2.75, 3.05) is 12.3 Å². The lowest BCUT2D eigenvalue weighted by Crippen LogP contribution is -2.25. The minimum Gasteiger partial charge on any atom is -0.481 e. The predicted octanol–water partition coefficient (Wildman–Crippen LogP) is 3.20. The summed E-state index contributed by atoms with van der Waals surface area (Å²) in [6, 6.07) is 2.93. The summed E-state index contributed by atoms with van der Waals surface area (Å²) in [5.74, 6) is -0.874. The van der Waals surface area contributed by atoms with Crippen molar-refractivity contribution in [3.63, 3.8) is 0 Å². The van der Waals surface area contributed by atoms with Crippen molar-refractivity contribution in [3.8, 4) is 0 Å². The van der Waals surface area contributed by atoms with Gasteiger partial charge in [0.1, 0.15) is 0 Å². The summed E-state index contributed by atoms with van der Waals surface area (Å²) < 4.78 is 0. The molecule has 5 nitrogen and oxygen atoms in total. The Hall–Kier alpha value is -1.46. The average Bonchev–Trinajstić information content (AvgIpc) is 2.41. The van der Waals surface area contributed by atoms with Crippen LogP contribution in [0.15, 0.2) is 12.1 Å². The predicted molar refractivity (Wildman–Crippen MR) is 83.9 cm³/mol. The molecule has 0 fully saturated rings. The molecule has 1 aromatic rings. The zero-order chi connectivity index (χ0) is 16.0. The first-order valence-electron chi connectivity index (χ1n) is 6.55. The molecule has 0 radical (unpaired) electrons. The summed E-state index contributed by atoms with van der Waals surface area (Å²) >= 11 is 11.7. The Morgan fingerprint density at radius 1 is 1.29 bits per heavy atom. The fraction of sp³-hybridized carbons (Fsp3) is 0.429. The maximum absolute atomic E-state index is 11.9. The Morgan fingerprint density at radius 3 is 2.38 bits per heavy atom. The van der Waals surface area contributed by atoms with Gasteiger partial charge in [-0.15, -0.1) is 0 Å². The topological polar surface area (TPSA) is 92.4 Å². The van der Waals surface area contributed by atoms with Crippen LogP contribution in [0.1, 0.15) is 36.5 Å². The summed E-state index contributed by atoms with van der Waals surface area (Å²) in [6.07, 6.45) is 1.43. The fourth-order valence-electron chi connectivity index (χ4n) is 1.76. The molecule has 0 bridgehead atoms. The molecule has 0 aliphatic rings. The summed E-state index contributed by atoms with van der Waals surface area (Å²) in [4.78, 5) is 22.4. The summed E-state index contributed by atoms with van der Waals surface area (Å²) in [5, 5.41) is 11.8. The van der Waals surface area contributed by atoms with E-state index in [2.05, 4.69) is 5.32 Å². The molecule has 1 aromatic carbocycles. The van der Waals surface area contributed by atoms with Gasteiger partial charge in [0, 0.05) is 18.5 Å². The molecular formula is C14H18Cl2N2O3. The molecule has 0 aromatic heterocycles. The van der Waals surface area contributed by atoms with Gasteiger partial charge in [-0.05, 0) is 30.9 Å². The van der Waals surface area contributed by atoms with Gasteiger partial charge in [0.25, 0.3) is 5.91 Å². The van der Waals surface area contributed by atoms with Crippen LogP contribution in [0, 0.1) is 5.92 Å². The second-order valence-electron chi connectivity index (χ2n) is 4.94. The van der Waals surface area contributed by atoms with Crippen LogP contribution in [0.25, 0.3) is 0 Å². The molecule has 0 saturated heterocycles. The molecule has 0 saturated carbocycles. The summed E-state index contributed by atoms with van der Waals surface area (Å²) in [6.45, 7) is 2.41. The van der Waals surface area contributed by atoms with E-state index in [4.69, 9.17) is 34.0 Å². The van der Waals surface area contributed by atoms with Gasteiger partial charge in [-0.3, -0.25) is 9.59 Å². The zero-order valence-corrected chi connectivity index (χ0v) is 13.2. The number of halogens is 2. The van der Waals surface area contributed by atoms with Crippen molar-refractivity contribution < 1.29 is 14.7 Å². The zero-order valence-electron chi connectivity index (χ0n) is 11.7. The molecule has 1 atom stereocenters. The summed E-state index contributed by atoms with van der Waals surface area (Å²) in [5.41, 5.74) is 6.20. The highest BCUT2D eigenvalue weighted by atomic mass is 35.5. The van der Waals surface area contributed by atoms with Gasteiger partial charge in [0.15, 0.2) is 0 Å². The first-order chi connectivity index (χ1) is 9.81. The lowest BCUT2D eigenvalue weighted by molar-refractivity contribution is -0.137. The van der Waals surface area contributed by atoms with Crippen LogP contribution in [0.4, 0.5) is 5.69 Å². The molecule has 1 amide bonds. The lowest BCUT2D eigenvalue weighted by atomic mass is 10.0. The molecule has 21 heavy (non-hydrogen) atoms. The minimum absolute atomic E-state index is 0.137. The molecule has 0 spiro atoms. The largest absolute Gasteiger partial charge is 0.481 e. The van der Waals surface area contributed by atoms with Gasteiger partial charge in [-0.25, -0.2) is 0 Å². The number of hydrogen-bond acceptors (Lipinski definition) is 3. The van der Waals surface area contributed by atoms with E-state index in [0.29, 0.717) is 24.9 Å². The van der Waals surface area contributed by atoms with E-state index in [1.165, 1.54) is 12.1 Å². The number of carbonyl (C=O) groups is 2. The van der Waals surface area contributed by atoms with E-state index in [-0.39, 0.29) is 34.0 Å². The van der Waals surface area contributed by atoms with Crippen molar-refractivity contribution >= 4 is 40.8 Å². The number of aliphatic carboxylic acids is 1. The van der Waals surface area contributed by atoms with Crippen LogP contribution in [-0.4, -0.2) is 23.5 Å². The monoisotopic (exact) mass is 332 g/mol. The van der Waals surface area contributed by atoms with Crippen LogP contribution >= 0.6 is 23.2 Å². The van der Waals surface area contributed by atoms with Crippen LogP contribution in [0.5, 0.6) is 0 Å². The number of nitrogen functional groups attached to an aromatic ring is 1. The van der Waals surface area contributed by atoms with Crippen molar-refractivity contribution in [2.24, 2.45) is 5.92 Å². The molecule has 0 aliphatic heterocycles. The third-order valence-electron chi connectivity index (χ3n) is 3.11. The molecule has 0 aliphatic carbocycles. The van der Waals surface area contributed by atoms with E-state index in [9.17, 15) is 9.59 Å². The SMILES string of the molecule is CC(CCNC(=O)c1cc(Cl)c(N)c(Cl)c1)CCC(=O)O. The van der Waals surface area contributed by atoms with Crippen molar-refractivity contribution in [2.45, 2.75) is 26.2 Å². The van der Waals surface area contributed by atoms with Crippen molar-refractivity contribution in [3.05, 3.63) is 27.7 Å². The third-order valence-corrected chi connectivity index (χ3v) is 3.74. The van der Waals surface area contributed by atoms with Crippen LogP contribution in [0.3, 0.4) is 0 Å². The number of hydrogen-bond donors (Lipinski definition) is 3. The highest BCUT2D eigenvalue weighted by Crippen LogP contribution is 2.28. The number of nitrogens with two attached hydrogens (primary N) is 1. The first-order valence-corrected chi connectivity index (χ1v) is 7.31. The van der Waals surface area contributed by atoms with E-state index in [1.807, 2.05) is 6.92 Å². The van der Waals surface area contributed by atoms with Gasteiger partial charge in [-0.1, -0.05) is 30.1 Å². The number of amides is 1. The van der Waals surface area contributed by atoms with Crippen molar-refractivity contribution in [1.82, 2.24) is 5.32 Å². The standard InChI is InChI=1S/C14H18Cl2N2O3/c1-8(2-3-12(19)20)4-5-18-14(21)9-6-10(15)13(17)11(16)7-9/h6-8H,2-5,17H2,1H3,(H,18,21)(H,19,20). The maximum Gasteiger partial charge on any atom is 0.303 e. The van der Waals surface area contributed by atoms with Gasteiger partial charge < -0.3 is 16.2 Å². The Kier molecular flexibility index (Phi) is 6.78. The minimum atomic E-state index is -0.808. The number of carboxylic acids is 1. The molecule has 1 rings (SSSR count). The van der Waals surface area contributed by atoms with Gasteiger partial charge in [0.05, 0.1) is 15.7 Å². The smallest absolute Gasteiger partial charge is 0.303 e. The van der Waals surface area contributed by atoms with Crippen LogP contribution in [0.2, 0.25) is 10.0 Å². The highest BCUT2D eigenvalue weighted by Gasteiger charge is 2.12. The normalized spacial score (nSPS) is 12.0. The van der Waals surface area contributed by atoms with E-state index < -0.39 is 5.97 Å². The lowest BCUT2D eigenvalue weighted by Gasteiger charge is -2.11. The van der Waals surface area contributed by atoms with Gasteiger partial charge in [0.2, 0.25) is 0 Å². The Labute approximate surface area is 133 Å². The quantitative estimate of drug-likeness (QED) is 0.668. The van der Waals surface area contributed by atoms with Crippen LogP contribution < -0.4 is 11.1 Å². The molecule has 7 heteroatoms. The van der Waals surface area contributed by atoms with E-state index in [1.54, 1.807) is 0 Å². The van der Waals surface area contributed by atoms with E-state index in [0.717, 1.165) is 0 Å². The Bertz CT molecular complexity index is 512. The van der Waals surface area contributed by atoms with E-state index >= 15 is 0 Å².